The van der Waals surface area contributed by atoms with Crippen molar-refractivity contribution in [3.63, 3.8) is 0 Å². The Morgan fingerprint density at radius 3 is 2.36 bits per heavy atom. The van der Waals surface area contributed by atoms with Gasteiger partial charge in [0.2, 0.25) is 0 Å². The maximum Gasteiger partial charge on any atom is 0.354 e. The summed E-state index contributed by atoms with van der Waals surface area (Å²) in [4.78, 5) is 22.9. The van der Waals surface area contributed by atoms with E-state index in [4.69, 9.17) is 9.16 Å². The van der Waals surface area contributed by atoms with E-state index in [1.54, 1.807) is 0 Å². The topological polar surface area (TPSA) is 90.7 Å². The molecule has 1 N–H and O–H groups in total. The lowest BCUT2D eigenvalue weighted by atomic mass is 10.2. The van der Waals surface area contributed by atoms with Crippen LogP contribution in [0.2, 0.25) is 43.8 Å². The number of carbonyl (C=O) groups excluding carboxylic acids is 1. The summed E-state index contributed by atoms with van der Waals surface area (Å²) in [6.07, 6.45) is 0.376. The average molecular weight is 429 g/mol. The van der Waals surface area contributed by atoms with Crippen LogP contribution in [0.1, 0.15) is 49.5 Å². The van der Waals surface area contributed by atoms with Crippen molar-refractivity contribution in [3.05, 3.63) is 17.5 Å². The van der Waals surface area contributed by atoms with Crippen LogP contribution >= 0.6 is 0 Å². The van der Waals surface area contributed by atoms with Crippen molar-refractivity contribution < 1.29 is 23.9 Å². The molecule has 1 unspecified atom stereocenters. The van der Waals surface area contributed by atoms with E-state index in [9.17, 15) is 14.7 Å². The Labute approximate surface area is 170 Å². The SMILES string of the molecule is CC(C)(C)[Si](C)(C)OC(CC=O)c1cc(C(=O)O)n(COCC[Si](C)(C)C)n1. The smallest absolute Gasteiger partial charge is 0.354 e. The molecule has 0 saturated carbocycles. The number of carboxylic acids is 1. The highest BCUT2D eigenvalue weighted by Gasteiger charge is 2.40. The number of aldehydes is 1. The van der Waals surface area contributed by atoms with Crippen molar-refractivity contribution in [2.45, 2.75) is 83.8 Å². The van der Waals surface area contributed by atoms with E-state index in [0.29, 0.717) is 12.3 Å². The van der Waals surface area contributed by atoms with E-state index < -0.39 is 28.5 Å². The van der Waals surface area contributed by atoms with Crippen LogP contribution in [0.4, 0.5) is 0 Å². The lowest BCUT2D eigenvalue weighted by Crippen LogP contribution is -2.42. The summed E-state index contributed by atoms with van der Waals surface area (Å²) < 4.78 is 13.4. The van der Waals surface area contributed by atoms with Gasteiger partial charge in [-0.2, -0.15) is 5.10 Å². The summed E-state index contributed by atoms with van der Waals surface area (Å²) >= 11 is 0. The molecule has 7 nitrogen and oxygen atoms in total. The second-order valence-corrected chi connectivity index (χ2v) is 20.3. The molecule has 0 fully saturated rings. The molecule has 1 aromatic rings. The van der Waals surface area contributed by atoms with Gasteiger partial charge in [-0.1, -0.05) is 40.4 Å². The maximum absolute atomic E-state index is 11.6. The number of rotatable bonds is 11. The Kier molecular flexibility index (Phi) is 8.37. The van der Waals surface area contributed by atoms with Crippen LogP contribution in [0.15, 0.2) is 6.07 Å². The third kappa shape index (κ3) is 7.27. The van der Waals surface area contributed by atoms with Crippen molar-refractivity contribution in [3.8, 4) is 0 Å². The highest BCUT2D eigenvalue weighted by molar-refractivity contribution is 6.76. The number of aromatic carboxylic acids is 1. The van der Waals surface area contributed by atoms with Crippen molar-refractivity contribution in [1.29, 1.82) is 0 Å². The third-order valence-corrected chi connectivity index (χ3v) is 11.3. The molecule has 0 bridgehead atoms. The molecular formula is C19H36N2O5Si2. The Morgan fingerprint density at radius 1 is 1.29 bits per heavy atom. The zero-order valence-corrected chi connectivity index (χ0v) is 20.5. The maximum atomic E-state index is 11.6. The normalized spacial score (nSPS) is 14.1. The van der Waals surface area contributed by atoms with Gasteiger partial charge in [0, 0.05) is 21.1 Å². The molecule has 0 saturated heterocycles. The lowest BCUT2D eigenvalue weighted by Gasteiger charge is -2.38. The molecule has 0 spiro atoms. The molecule has 0 aliphatic rings. The van der Waals surface area contributed by atoms with Crippen molar-refractivity contribution >= 4 is 28.6 Å². The van der Waals surface area contributed by atoms with Crippen LogP contribution < -0.4 is 0 Å². The molecule has 28 heavy (non-hydrogen) atoms. The first-order valence-electron chi connectivity index (χ1n) is 9.68. The van der Waals surface area contributed by atoms with Gasteiger partial charge in [0.05, 0.1) is 11.8 Å². The van der Waals surface area contributed by atoms with Gasteiger partial charge in [-0.15, -0.1) is 0 Å². The number of carbonyl (C=O) groups is 2. The van der Waals surface area contributed by atoms with Crippen LogP contribution in [0.5, 0.6) is 0 Å². The Balaban J connectivity index is 3.03. The van der Waals surface area contributed by atoms with Gasteiger partial charge in [0.25, 0.3) is 0 Å². The van der Waals surface area contributed by atoms with Crippen LogP contribution in [-0.4, -0.2) is 50.1 Å². The molecule has 0 amide bonds. The fourth-order valence-corrected chi connectivity index (χ4v) is 4.28. The van der Waals surface area contributed by atoms with Gasteiger partial charge in [0.15, 0.2) is 8.32 Å². The molecule has 0 aliphatic carbocycles. The minimum Gasteiger partial charge on any atom is -0.477 e. The predicted octanol–water partition coefficient (Wildman–Crippen LogP) is 4.55. The van der Waals surface area contributed by atoms with Gasteiger partial charge in [-0.3, -0.25) is 0 Å². The van der Waals surface area contributed by atoms with E-state index in [-0.39, 0.29) is 23.9 Å². The number of hydrogen-bond donors (Lipinski definition) is 1. The van der Waals surface area contributed by atoms with Crippen LogP contribution in [0, 0.1) is 0 Å². The summed E-state index contributed by atoms with van der Waals surface area (Å²) in [5.74, 6) is -1.08. The second-order valence-electron chi connectivity index (χ2n) is 9.88. The van der Waals surface area contributed by atoms with E-state index in [0.717, 1.165) is 12.3 Å². The van der Waals surface area contributed by atoms with Crippen molar-refractivity contribution in [2.24, 2.45) is 0 Å². The molecule has 160 valence electrons. The molecule has 9 heteroatoms. The minimum atomic E-state index is -2.16. The van der Waals surface area contributed by atoms with E-state index in [1.165, 1.54) is 10.7 Å². The molecule has 1 rings (SSSR count). The highest BCUT2D eigenvalue weighted by atomic mass is 28.4. The predicted molar refractivity (Wildman–Crippen MR) is 115 cm³/mol. The summed E-state index contributed by atoms with van der Waals surface area (Å²) in [6, 6.07) is 2.48. The number of nitrogens with zero attached hydrogens (tertiary/aromatic N) is 2. The van der Waals surface area contributed by atoms with Gasteiger partial charge in [-0.25, -0.2) is 9.48 Å². The molecule has 1 atom stereocenters. The summed E-state index contributed by atoms with van der Waals surface area (Å²) in [5.41, 5.74) is 0.501. The molecule has 0 radical (unpaired) electrons. The van der Waals surface area contributed by atoms with E-state index in [2.05, 4.69) is 58.6 Å². The fraction of sp³-hybridized carbons (Fsp3) is 0.737. The number of aromatic nitrogens is 2. The lowest BCUT2D eigenvalue weighted by molar-refractivity contribution is -0.109. The summed E-state index contributed by atoms with van der Waals surface area (Å²) in [5, 5.41) is 13.9. The van der Waals surface area contributed by atoms with Crippen LogP contribution in [0.25, 0.3) is 0 Å². The molecule has 0 aliphatic heterocycles. The van der Waals surface area contributed by atoms with Gasteiger partial charge in [0.1, 0.15) is 18.7 Å². The van der Waals surface area contributed by atoms with Gasteiger partial charge >= 0.3 is 5.97 Å². The molecule has 1 heterocycles. The number of ether oxygens (including phenoxy) is 1. The first-order chi connectivity index (χ1) is 12.7. The van der Waals surface area contributed by atoms with Gasteiger partial charge in [-0.05, 0) is 30.2 Å². The minimum absolute atomic E-state index is 0.0354. The Bertz CT molecular complexity index is 675. The fourth-order valence-electron chi connectivity index (χ4n) is 2.24. The number of hydrogen-bond acceptors (Lipinski definition) is 5. The van der Waals surface area contributed by atoms with Crippen molar-refractivity contribution in [1.82, 2.24) is 9.78 Å². The van der Waals surface area contributed by atoms with E-state index >= 15 is 0 Å². The Hall–Kier alpha value is -1.30. The monoisotopic (exact) mass is 428 g/mol. The molecule has 0 aromatic carbocycles. The largest absolute Gasteiger partial charge is 0.477 e. The van der Waals surface area contributed by atoms with Gasteiger partial charge < -0.3 is 19.1 Å². The van der Waals surface area contributed by atoms with Crippen LogP contribution in [0.3, 0.4) is 0 Å². The average Bonchev–Trinajstić information content (AvgIpc) is 2.93. The second kappa shape index (κ2) is 9.47. The first kappa shape index (κ1) is 24.7. The number of carboxylic acid groups (broad SMARTS) is 1. The van der Waals surface area contributed by atoms with Crippen molar-refractivity contribution in [2.75, 3.05) is 6.61 Å². The summed E-state index contributed by atoms with van der Waals surface area (Å²) in [7, 11) is -3.38. The standard InChI is InChI=1S/C19H36N2O5Si2/c1-19(2,3)28(7,8)26-17(9-10-22)15-13-16(18(23)24)21(20-15)14-25-11-12-27(4,5)6/h10,13,17H,9,11-12,14H2,1-8H3,(H,23,24). The first-order valence-corrected chi connectivity index (χ1v) is 16.3. The quantitative estimate of drug-likeness (QED) is 0.316. The molecular weight excluding hydrogens is 392 g/mol. The third-order valence-electron chi connectivity index (χ3n) is 5.11. The zero-order chi connectivity index (χ0) is 21.8. The zero-order valence-electron chi connectivity index (χ0n) is 18.5. The van der Waals surface area contributed by atoms with E-state index in [1.807, 2.05) is 0 Å². The summed E-state index contributed by atoms with van der Waals surface area (Å²) in [6.45, 7) is 18.0. The highest BCUT2D eigenvalue weighted by Crippen LogP contribution is 2.40. The van der Waals surface area contributed by atoms with Crippen LogP contribution in [-0.2, 0) is 20.7 Å². The Morgan fingerprint density at radius 2 is 1.89 bits per heavy atom. The molecule has 1 aromatic heterocycles.